The second-order valence-corrected chi connectivity index (χ2v) is 8.44. The van der Waals surface area contributed by atoms with E-state index in [2.05, 4.69) is 62.5 Å². The van der Waals surface area contributed by atoms with E-state index in [-0.39, 0.29) is 0 Å². The molecule has 0 radical (unpaired) electrons. The molecule has 5 rings (SSSR count). The summed E-state index contributed by atoms with van der Waals surface area (Å²) in [6.07, 6.45) is 10.1. The van der Waals surface area contributed by atoms with Crippen LogP contribution in [-0.2, 0) is 13.1 Å². The van der Waals surface area contributed by atoms with Crippen molar-refractivity contribution in [2.45, 2.75) is 38.4 Å². The van der Waals surface area contributed by atoms with E-state index >= 15 is 0 Å². The van der Waals surface area contributed by atoms with Gasteiger partial charge in [0, 0.05) is 48.8 Å². The zero-order chi connectivity index (χ0) is 19.5. The Kier molecular flexibility index (Phi) is 5.41. The number of hydrogen-bond acceptors (Lipinski definition) is 4. The minimum Gasteiger partial charge on any atom is -0.312 e. The predicted molar refractivity (Wildman–Crippen MR) is 115 cm³/mol. The Hall–Kier alpha value is -2.50. The molecule has 3 heterocycles. The first kappa shape index (κ1) is 18.5. The third-order valence-electron chi connectivity index (χ3n) is 6.09. The Morgan fingerprint density at radius 2 is 1.93 bits per heavy atom. The van der Waals surface area contributed by atoms with Gasteiger partial charge in [0.1, 0.15) is 0 Å². The number of pyridine rings is 1. The van der Waals surface area contributed by atoms with Gasteiger partial charge >= 0.3 is 0 Å². The molecule has 1 saturated carbocycles. The van der Waals surface area contributed by atoms with E-state index in [0.29, 0.717) is 0 Å². The molecular weight excluding hydrogens is 358 g/mol. The molecule has 2 aromatic heterocycles. The molecule has 0 amide bonds. The van der Waals surface area contributed by atoms with E-state index < -0.39 is 0 Å². The number of likely N-dealkylation sites (tertiary alicyclic amines) is 1. The van der Waals surface area contributed by atoms with Crippen LogP contribution in [-0.4, -0.2) is 45.3 Å². The van der Waals surface area contributed by atoms with Crippen molar-refractivity contribution in [2.75, 3.05) is 19.6 Å². The van der Waals surface area contributed by atoms with E-state index in [9.17, 15) is 0 Å². The van der Waals surface area contributed by atoms with Crippen LogP contribution in [0.25, 0.3) is 11.3 Å². The lowest BCUT2D eigenvalue weighted by Crippen LogP contribution is -2.27. The Bertz CT molecular complexity index is 917. The first-order valence-corrected chi connectivity index (χ1v) is 10.8. The van der Waals surface area contributed by atoms with Crippen LogP contribution >= 0.6 is 0 Å². The maximum absolute atomic E-state index is 4.90. The van der Waals surface area contributed by atoms with Crippen LogP contribution < -0.4 is 5.32 Å². The van der Waals surface area contributed by atoms with E-state index in [4.69, 9.17) is 5.10 Å². The molecule has 5 nitrogen and oxygen atoms in total. The molecule has 0 spiro atoms. The van der Waals surface area contributed by atoms with Crippen LogP contribution in [0.2, 0.25) is 0 Å². The Morgan fingerprint density at radius 3 is 2.72 bits per heavy atom. The molecule has 1 N–H and O–H groups in total. The van der Waals surface area contributed by atoms with E-state index in [1.165, 1.54) is 43.5 Å². The summed E-state index contributed by atoms with van der Waals surface area (Å²) in [6.45, 7) is 5.26. The van der Waals surface area contributed by atoms with Crippen LogP contribution in [0.3, 0.4) is 0 Å². The van der Waals surface area contributed by atoms with Crippen LogP contribution in [0.15, 0.2) is 61.1 Å². The molecule has 1 atom stereocenters. The zero-order valence-electron chi connectivity index (χ0n) is 16.9. The van der Waals surface area contributed by atoms with Crippen LogP contribution in [0, 0.1) is 5.92 Å². The van der Waals surface area contributed by atoms with Gasteiger partial charge in [0.2, 0.25) is 0 Å². The standard InChI is InChI=1S/C24H29N5/c1-2-5-19(6-3-1)17-29-18-22(24(27-29)21-7-4-11-25-14-21)15-26-13-20-10-12-28(16-20)23-8-9-23/h1-7,11,14,18,20,23,26H,8-10,12-13,15-17H2. The maximum Gasteiger partial charge on any atom is 0.0983 e. The summed E-state index contributed by atoms with van der Waals surface area (Å²) >= 11 is 0. The number of hydrogen-bond donors (Lipinski definition) is 1. The number of rotatable bonds is 8. The SMILES string of the molecule is c1ccc(Cn2cc(CNCC3CCN(C4CC4)C3)c(-c3cccnc3)n2)cc1. The van der Waals surface area contributed by atoms with E-state index in [1.807, 2.05) is 18.5 Å². The fourth-order valence-electron chi connectivity index (χ4n) is 4.40. The summed E-state index contributed by atoms with van der Waals surface area (Å²) in [5, 5.41) is 8.61. The van der Waals surface area contributed by atoms with Crippen molar-refractivity contribution in [3.63, 3.8) is 0 Å². The molecule has 2 fully saturated rings. The fraction of sp³-hybridized carbons (Fsp3) is 0.417. The quantitative estimate of drug-likeness (QED) is 0.642. The molecule has 1 aliphatic carbocycles. The van der Waals surface area contributed by atoms with E-state index in [1.54, 1.807) is 0 Å². The van der Waals surface area contributed by atoms with Crippen LogP contribution in [0.5, 0.6) is 0 Å². The summed E-state index contributed by atoms with van der Waals surface area (Å²) in [6, 6.07) is 15.5. The lowest BCUT2D eigenvalue weighted by Gasteiger charge is -2.15. The molecule has 1 unspecified atom stereocenters. The third kappa shape index (κ3) is 4.57. The summed E-state index contributed by atoms with van der Waals surface area (Å²) < 4.78 is 2.05. The molecule has 29 heavy (non-hydrogen) atoms. The van der Waals surface area contributed by atoms with Gasteiger partial charge in [-0.2, -0.15) is 5.10 Å². The van der Waals surface area contributed by atoms with Gasteiger partial charge in [-0.25, -0.2) is 0 Å². The Morgan fingerprint density at radius 1 is 1.03 bits per heavy atom. The largest absolute Gasteiger partial charge is 0.312 e. The van der Waals surface area contributed by atoms with Gasteiger partial charge in [-0.15, -0.1) is 0 Å². The second kappa shape index (κ2) is 8.47. The molecule has 1 saturated heterocycles. The summed E-state index contributed by atoms with van der Waals surface area (Å²) in [7, 11) is 0. The van der Waals surface area contributed by atoms with Crippen molar-refractivity contribution >= 4 is 0 Å². The highest BCUT2D eigenvalue weighted by Gasteiger charge is 2.34. The minimum atomic E-state index is 0.775. The number of nitrogens with one attached hydrogen (secondary N) is 1. The second-order valence-electron chi connectivity index (χ2n) is 8.44. The van der Waals surface area contributed by atoms with Crippen LogP contribution in [0.1, 0.15) is 30.4 Å². The Labute approximate surface area is 172 Å². The summed E-state index contributed by atoms with van der Waals surface area (Å²) in [5.74, 6) is 0.775. The predicted octanol–water partition coefficient (Wildman–Crippen LogP) is 3.57. The first-order valence-electron chi connectivity index (χ1n) is 10.8. The average Bonchev–Trinajstić information content (AvgIpc) is 3.38. The van der Waals surface area contributed by atoms with Gasteiger partial charge in [-0.1, -0.05) is 30.3 Å². The van der Waals surface area contributed by atoms with Gasteiger partial charge in [0.05, 0.1) is 12.2 Å². The van der Waals surface area contributed by atoms with Crippen molar-refractivity contribution in [3.05, 3.63) is 72.2 Å². The summed E-state index contributed by atoms with van der Waals surface area (Å²) in [4.78, 5) is 6.98. The highest BCUT2D eigenvalue weighted by Crippen LogP contribution is 2.31. The number of nitrogens with zero attached hydrogens (tertiary/aromatic N) is 4. The lowest BCUT2D eigenvalue weighted by molar-refractivity contribution is 0.312. The van der Waals surface area contributed by atoms with Crippen molar-refractivity contribution in [1.29, 1.82) is 0 Å². The van der Waals surface area contributed by atoms with Gasteiger partial charge in [-0.05, 0) is 56.0 Å². The highest BCUT2D eigenvalue weighted by molar-refractivity contribution is 5.61. The summed E-state index contributed by atoms with van der Waals surface area (Å²) in [5.41, 5.74) is 4.62. The fourth-order valence-corrected chi connectivity index (χ4v) is 4.40. The average molecular weight is 388 g/mol. The van der Waals surface area contributed by atoms with E-state index in [0.717, 1.165) is 42.9 Å². The Balaban J connectivity index is 1.27. The molecule has 1 aliphatic heterocycles. The van der Waals surface area contributed by atoms with Gasteiger partial charge in [0.25, 0.3) is 0 Å². The maximum atomic E-state index is 4.90. The van der Waals surface area contributed by atoms with Crippen molar-refractivity contribution in [3.8, 4) is 11.3 Å². The van der Waals surface area contributed by atoms with Crippen molar-refractivity contribution in [1.82, 2.24) is 25.0 Å². The molecule has 150 valence electrons. The smallest absolute Gasteiger partial charge is 0.0983 e. The molecular formula is C24H29N5. The zero-order valence-corrected chi connectivity index (χ0v) is 16.9. The third-order valence-corrected chi connectivity index (χ3v) is 6.09. The van der Waals surface area contributed by atoms with Crippen molar-refractivity contribution in [2.24, 2.45) is 5.92 Å². The lowest BCUT2D eigenvalue weighted by atomic mass is 10.1. The van der Waals surface area contributed by atoms with Crippen LogP contribution in [0.4, 0.5) is 0 Å². The molecule has 3 aromatic rings. The topological polar surface area (TPSA) is 46.0 Å². The van der Waals surface area contributed by atoms with Gasteiger partial charge in [-0.3, -0.25) is 9.67 Å². The minimum absolute atomic E-state index is 0.775. The normalized spacial score (nSPS) is 19.7. The van der Waals surface area contributed by atoms with Gasteiger partial charge in [0.15, 0.2) is 0 Å². The molecule has 0 bridgehead atoms. The van der Waals surface area contributed by atoms with Crippen molar-refractivity contribution < 1.29 is 0 Å². The molecule has 1 aromatic carbocycles. The monoisotopic (exact) mass is 387 g/mol. The highest BCUT2D eigenvalue weighted by atomic mass is 15.3. The molecule has 2 aliphatic rings. The molecule has 5 heteroatoms. The van der Waals surface area contributed by atoms with Gasteiger partial charge < -0.3 is 10.2 Å². The number of aromatic nitrogens is 3. The number of benzene rings is 1. The first-order chi connectivity index (χ1) is 14.3.